The van der Waals surface area contributed by atoms with Gasteiger partial charge in [0.2, 0.25) is 0 Å². The Kier molecular flexibility index (Phi) is 25.2. The topological polar surface area (TPSA) is 63.2 Å². The Hall–Kier alpha value is 1.40. The number of carbonyl (C=O) groups is 1. The van der Waals surface area contributed by atoms with Crippen LogP contribution in [0.3, 0.4) is 0 Å². The van der Waals surface area contributed by atoms with Crippen LogP contribution in [-0.4, -0.2) is 6.16 Å². The van der Waals surface area contributed by atoms with E-state index in [1.807, 2.05) is 0 Å². The van der Waals surface area contributed by atoms with Crippen LogP contribution in [0.4, 0.5) is 4.79 Å². The molecule has 0 unspecified atom stereocenters. The van der Waals surface area contributed by atoms with E-state index in [4.69, 9.17) is 15.0 Å². The molecule has 0 aliphatic rings. The standard InChI is InChI=1S/CH2O3.K.Ni/c2-1(3)4;;/h(H2,2,3,4);;/q;+1;+2/p-2. The number of hydrogen-bond donors (Lipinski definition) is 0. The van der Waals surface area contributed by atoms with Crippen LogP contribution in [-0.2, 0) is 16.5 Å². The van der Waals surface area contributed by atoms with Crippen molar-refractivity contribution in [2.45, 2.75) is 0 Å². The largest absolute Gasteiger partial charge is 2.00 e. The maximum absolute atomic E-state index is 8.33. The van der Waals surface area contributed by atoms with Crippen LogP contribution >= 0.6 is 0 Å². The molecular weight excluding hydrogens is 158 g/mol. The van der Waals surface area contributed by atoms with E-state index in [1.54, 1.807) is 0 Å². The van der Waals surface area contributed by atoms with E-state index in [9.17, 15) is 0 Å². The SMILES string of the molecule is O=C([O-])[O-].[K+].[Ni+2]. The molecule has 0 heterocycles. The van der Waals surface area contributed by atoms with E-state index >= 15 is 0 Å². The van der Waals surface area contributed by atoms with Crippen molar-refractivity contribution in [3.05, 3.63) is 0 Å². The molecule has 0 amide bonds. The third-order valence-corrected chi connectivity index (χ3v) is 0. The zero-order valence-electron chi connectivity index (χ0n) is 3.04. The second kappa shape index (κ2) is 9.64. The molecule has 0 bridgehead atoms. The van der Waals surface area contributed by atoms with Crippen LogP contribution in [0.25, 0.3) is 0 Å². The fraction of sp³-hybridized carbons (Fsp3) is 0. The third-order valence-electron chi connectivity index (χ3n) is 0. The summed E-state index contributed by atoms with van der Waals surface area (Å²) in [5.74, 6) is 0. The molecular formula is CKNiO3+. The summed E-state index contributed by atoms with van der Waals surface area (Å²) in [6.07, 6.45) is -2.33. The molecule has 0 fully saturated rings. The van der Waals surface area contributed by atoms with Crippen molar-refractivity contribution in [3.63, 3.8) is 0 Å². The van der Waals surface area contributed by atoms with Gasteiger partial charge in [0, 0.05) is 0 Å². The Bertz CT molecular complexity index is 33.8. The minimum absolute atomic E-state index is 0. The summed E-state index contributed by atoms with van der Waals surface area (Å²) < 4.78 is 0. The summed E-state index contributed by atoms with van der Waals surface area (Å²) in [5, 5.41) is 16.7. The molecule has 0 saturated heterocycles. The minimum Gasteiger partial charge on any atom is -0.652 e. The summed E-state index contributed by atoms with van der Waals surface area (Å²) >= 11 is 0. The van der Waals surface area contributed by atoms with Crippen LogP contribution in [0.2, 0.25) is 0 Å². The van der Waals surface area contributed by atoms with Crippen molar-refractivity contribution < 1.29 is 82.9 Å². The Balaban J connectivity index is -0.0000000450. The van der Waals surface area contributed by atoms with Gasteiger partial charge in [-0.25, -0.2) is 0 Å². The number of hydrogen-bond acceptors (Lipinski definition) is 3. The molecule has 0 aromatic carbocycles. The molecule has 3 nitrogen and oxygen atoms in total. The van der Waals surface area contributed by atoms with Gasteiger partial charge < -0.3 is 15.0 Å². The quantitative estimate of drug-likeness (QED) is 0.330. The fourth-order valence-electron chi connectivity index (χ4n) is 0. The summed E-state index contributed by atoms with van der Waals surface area (Å²) in [4.78, 5) is 8.33. The molecule has 0 rings (SSSR count). The molecule has 0 aliphatic heterocycles. The van der Waals surface area contributed by atoms with Gasteiger partial charge in [0.1, 0.15) is 0 Å². The van der Waals surface area contributed by atoms with Crippen molar-refractivity contribution in [2.75, 3.05) is 0 Å². The van der Waals surface area contributed by atoms with Crippen molar-refractivity contribution in [3.8, 4) is 0 Å². The second-order valence-electron chi connectivity index (χ2n) is 0.250. The van der Waals surface area contributed by atoms with E-state index in [0.717, 1.165) is 0 Å². The molecule has 32 valence electrons. The Morgan fingerprint density at radius 3 is 1.33 bits per heavy atom. The minimum atomic E-state index is -2.33. The van der Waals surface area contributed by atoms with E-state index in [2.05, 4.69) is 0 Å². The number of rotatable bonds is 0. The molecule has 0 aromatic rings. The van der Waals surface area contributed by atoms with Gasteiger partial charge in [0.25, 0.3) is 0 Å². The molecule has 0 radical (unpaired) electrons. The molecule has 0 aromatic heterocycles. The number of carboxylic acid groups (broad SMARTS) is 2. The molecule has 0 spiro atoms. The molecule has 0 N–H and O–H groups in total. The van der Waals surface area contributed by atoms with Crippen molar-refractivity contribution in [2.24, 2.45) is 0 Å². The van der Waals surface area contributed by atoms with Gasteiger partial charge >= 0.3 is 67.9 Å². The maximum atomic E-state index is 8.33. The van der Waals surface area contributed by atoms with Crippen LogP contribution < -0.4 is 61.6 Å². The molecule has 5 heteroatoms. The van der Waals surface area contributed by atoms with Gasteiger partial charge in [-0.3, -0.25) is 0 Å². The van der Waals surface area contributed by atoms with E-state index in [1.165, 1.54) is 0 Å². The Labute approximate surface area is 87.5 Å². The van der Waals surface area contributed by atoms with E-state index in [-0.39, 0.29) is 67.9 Å². The van der Waals surface area contributed by atoms with E-state index in [0.29, 0.717) is 0 Å². The van der Waals surface area contributed by atoms with Crippen molar-refractivity contribution in [1.82, 2.24) is 0 Å². The predicted octanol–water partition coefficient (Wildman–Crippen LogP) is -5.45. The zero-order chi connectivity index (χ0) is 3.58. The molecule has 0 atom stereocenters. The average molecular weight is 158 g/mol. The Morgan fingerprint density at radius 1 is 1.33 bits per heavy atom. The smallest absolute Gasteiger partial charge is 0.652 e. The van der Waals surface area contributed by atoms with Crippen LogP contribution in [0, 0.1) is 0 Å². The molecule has 0 aliphatic carbocycles. The van der Waals surface area contributed by atoms with Gasteiger partial charge in [-0.05, 0) is 6.16 Å². The normalized spacial score (nSPS) is 4.00. The van der Waals surface area contributed by atoms with Gasteiger partial charge in [-0.15, -0.1) is 0 Å². The van der Waals surface area contributed by atoms with Crippen molar-refractivity contribution >= 4 is 6.16 Å². The average Bonchev–Trinajstić information content (AvgIpc) is 0.811. The van der Waals surface area contributed by atoms with Gasteiger partial charge in [-0.2, -0.15) is 0 Å². The van der Waals surface area contributed by atoms with Gasteiger partial charge in [0.05, 0.1) is 0 Å². The van der Waals surface area contributed by atoms with Crippen LogP contribution in [0.1, 0.15) is 0 Å². The van der Waals surface area contributed by atoms with Crippen LogP contribution in [0.5, 0.6) is 0 Å². The third kappa shape index (κ3) is 53.3. The zero-order valence-corrected chi connectivity index (χ0v) is 7.15. The summed E-state index contributed by atoms with van der Waals surface area (Å²) in [6.45, 7) is 0. The Morgan fingerprint density at radius 2 is 1.33 bits per heavy atom. The van der Waals surface area contributed by atoms with Gasteiger partial charge in [0.15, 0.2) is 0 Å². The fourth-order valence-corrected chi connectivity index (χ4v) is 0. The van der Waals surface area contributed by atoms with Crippen molar-refractivity contribution in [1.29, 1.82) is 0 Å². The first-order chi connectivity index (χ1) is 1.73. The van der Waals surface area contributed by atoms with Gasteiger partial charge in [-0.1, -0.05) is 0 Å². The summed E-state index contributed by atoms with van der Waals surface area (Å²) in [5.41, 5.74) is 0. The van der Waals surface area contributed by atoms with Crippen LogP contribution in [0.15, 0.2) is 0 Å². The second-order valence-corrected chi connectivity index (χ2v) is 0.250. The first-order valence-electron chi connectivity index (χ1n) is 0.612. The summed E-state index contributed by atoms with van der Waals surface area (Å²) in [6, 6.07) is 0. The first kappa shape index (κ1) is 15.7. The molecule has 0 saturated carbocycles. The first-order valence-corrected chi connectivity index (χ1v) is 0.612. The predicted molar refractivity (Wildman–Crippen MR) is 5.40 cm³/mol. The monoisotopic (exact) mass is 157 g/mol. The maximum Gasteiger partial charge on any atom is 2.00 e. The number of carbonyl (C=O) groups excluding carboxylic acids is 1. The molecule has 6 heavy (non-hydrogen) atoms. The summed E-state index contributed by atoms with van der Waals surface area (Å²) in [7, 11) is 0. The van der Waals surface area contributed by atoms with E-state index < -0.39 is 6.16 Å².